The average Bonchev–Trinajstić information content (AvgIpc) is 2.54. The zero-order valence-corrected chi connectivity index (χ0v) is 13.7. The zero-order chi connectivity index (χ0) is 16.8. The molecule has 0 radical (unpaired) electrons. The van der Waals surface area contributed by atoms with E-state index in [2.05, 4.69) is 10.6 Å². The summed E-state index contributed by atoms with van der Waals surface area (Å²) in [6.07, 6.45) is 0. The molecule has 0 saturated heterocycles. The fourth-order valence-electron chi connectivity index (χ4n) is 1.95. The first kappa shape index (κ1) is 16.8. The highest BCUT2D eigenvalue weighted by molar-refractivity contribution is 6.39. The largest absolute Gasteiger partial charge is 0.378 e. The van der Waals surface area contributed by atoms with Gasteiger partial charge < -0.3 is 15.5 Å². The van der Waals surface area contributed by atoms with Gasteiger partial charge >= 0.3 is 11.8 Å². The number of nitrogens with one attached hydrogen (secondary N) is 2. The van der Waals surface area contributed by atoms with Gasteiger partial charge in [0.1, 0.15) is 0 Å². The molecule has 2 amide bonds. The number of halogens is 1. The lowest BCUT2D eigenvalue weighted by Crippen LogP contribution is -2.35. The zero-order valence-electron chi connectivity index (χ0n) is 13.0. The van der Waals surface area contributed by atoms with Gasteiger partial charge in [0.2, 0.25) is 0 Å². The Morgan fingerprint density at radius 1 is 1.04 bits per heavy atom. The Labute approximate surface area is 140 Å². The molecule has 0 bridgehead atoms. The SMILES string of the molecule is CN(C)c1cccc(NC(=O)C(=O)NCc2ccccc2Cl)c1. The molecular weight excluding hydrogens is 314 g/mol. The average molecular weight is 332 g/mol. The van der Waals surface area contributed by atoms with Crippen LogP contribution in [0.25, 0.3) is 0 Å². The van der Waals surface area contributed by atoms with Crippen LogP contribution < -0.4 is 15.5 Å². The van der Waals surface area contributed by atoms with E-state index in [1.165, 1.54) is 0 Å². The molecule has 0 aliphatic rings. The van der Waals surface area contributed by atoms with Crippen molar-refractivity contribution in [3.8, 4) is 0 Å². The molecule has 0 aliphatic heterocycles. The number of amides is 2. The van der Waals surface area contributed by atoms with E-state index >= 15 is 0 Å². The Balaban J connectivity index is 1.94. The smallest absolute Gasteiger partial charge is 0.313 e. The van der Waals surface area contributed by atoms with Crippen LogP contribution in [0.2, 0.25) is 5.02 Å². The van der Waals surface area contributed by atoms with Crippen molar-refractivity contribution in [1.29, 1.82) is 0 Å². The summed E-state index contributed by atoms with van der Waals surface area (Å²) >= 11 is 6.01. The van der Waals surface area contributed by atoms with Crippen molar-refractivity contribution in [2.24, 2.45) is 0 Å². The molecule has 0 spiro atoms. The molecule has 2 aromatic rings. The Morgan fingerprint density at radius 3 is 2.48 bits per heavy atom. The number of hydrogen-bond donors (Lipinski definition) is 2. The third kappa shape index (κ3) is 4.72. The second-order valence-electron chi connectivity index (χ2n) is 5.17. The highest BCUT2D eigenvalue weighted by Crippen LogP contribution is 2.17. The van der Waals surface area contributed by atoms with Gasteiger partial charge in [0, 0.05) is 37.0 Å². The molecule has 6 heteroatoms. The van der Waals surface area contributed by atoms with E-state index in [0.29, 0.717) is 10.7 Å². The molecule has 2 N–H and O–H groups in total. The van der Waals surface area contributed by atoms with Gasteiger partial charge in [0.15, 0.2) is 0 Å². The van der Waals surface area contributed by atoms with Crippen LogP contribution in [0, 0.1) is 0 Å². The molecule has 2 aromatic carbocycles. The summed E-state index contributed by atoms with van der Waals surface area (Å²) in [5, 5.41) is 5.68. The standard InChI is InChI=1S/C17H18ClN3O2/c1-21(2)14-8-5-7-13(10-14)20-17(23)16(22)19-11-12-6-3-4-9-15(12)18/h3-10H,11H2,1-2H3,(H,19,22)(H,20,23). The van der Waals surface area contributed by atoms with Crippen molar-refractivity contribution in [1.82, 2.24) is 5.32 Å². The first-order chi connectivity index (χ1) is 11.0. The quantitative estimate of drug-likeness (QED) is 0.847. The van der Waals surface area contributed by atoms with Crippen molar-refractivity contribution in [3.05, 3.63) is 59.1 Å². The number of carbonyl (C=O) groups is 2. The summed E-state index contributed by atoms with van der Waals surface area (Å²) in [5.74, 6) is -1.42. The van der Waals surface area contributed by atoms with Crippen molar-refractivity contribution < 1.29 is 9.59 Å². The van der Waals surface area contributed by atoms with Crippen molar-refractivity contribution in [2.45, 2.75) is 6.54 Å². The van der Waals surface area contributed by atoms with Crippen LogP contribution >= 0.6 is 11.6 Å². The predicted octanol–water partition coefficient (Wildman–Crippen LogP) is 2.66. The highest BCUT2D eigenvalue weighted by atomic mass is 35.5. The van der Waals surface area contributed by atoms with Gasteiger partial charge in [0.25, 0.3) is 0 Å². The van der Waals surface area contributed by atoms with Gasteiger partial charge in [-0.15, -0.1) is 0 Å². The number of benzene rings is 2. The molecule has 120 valence electrons. The van der Waals surface area contributed by atoms with Crippen LogP contribution in [-0.2, 0) is 16.1 Å². The maximum Gasteiger partial charge on any atom is 0.313 e. The maximum atomic E-state index is 11.9. The summed E-state index contributed by atoms with van der Waals surface area (Å²) in [5.41, 5.74) is 2.25. The van der Waals surface area contributed by atoms with Crippen molar-refractivity contribution >= 4 is 34.8 Å². The minimum atomic E-state index is -0.715. The first-order valence-electron chi connectivity index (χ1n) is 7.07. The van der Waals surface area contributed by atoms with E-state index < -0.39 is 11.8 Å². The first-order valence-corrected chi connectivity index (χ1v) is 7.45. The number of nitrogens with zero attached hydrogens (tertiary/aromatic N) is 1. The lowest BCUT2D eigenvalue weighted by molar-refractivity contribution is -0.136. The highest BCUT2D eigenvalue weighted by Gasteiger charge is 2.14. The summed E-state index contributed by atoms with van der Waals surface area (Å²) in [6, 6.07) is 14.4. The topological polar surface area (TPSA) is 61.4 Å². The van der Waals surface area contributed by atoms with E-state index in [1.807, 2.05) is 37.2 Å². The fraction of sp³-hybridized carbons (Fsp3) is 0.176. The van der Waals surface area contributed by atoms with Crippen LogP contribution in [0.5, 0.6) is 0 Å². The monoisotopic (exact) mass is 331 g/mol. The van der Waals surface area contributed by atoms with Crippen LogP contribution in [0.4, 0.5) is 11.4 Å². The second kappa shape index (κ2) is 7.65. The number of rotatable bonds is 4. The van der Waals surface area contributed by atoms with Gasteiger partial charge in [-0.1, -0.05) is 35.9 Å². The fourth-order valence-corrected chi connectivity index (χ4v) is 2.15. The van der Waals surface area contributed by atoms with Crippen LogP contribution in [0.1, 0.15) is 5.56 Å². The summed E-state index contributed by atoms with van der Waals surface area (Å²) in [6.45, 7) is 0.198. The van der Waals surface area contributed by atoms with E-state index in [1.54, 1.807) is 30.3 Å². The molecule has 0 atom stereocenters. The molecule has 0 aromatic heterocycles. The van der Waals surface area contributed by atoms with E-state index in [9.17, 15) is 9.59 Å². The van der Waals surface area contributed by atoms with Gasteiger partial charge in [-0.25, -0.2) is 0 Å². The third-order valence-corrected chi connectivity index (χ3v) is 3.59. The molecule has 0 fully saturated rings. The molecule has 2 rings (SSSR count). The molecule has 0 aliphatic carbocycles. The van der Waals surface area contributed by atoms with Gasteiger partial charge in [-0.05, 0) is 29.8 Å². The number of anilines is 2. The van der Waals surface area contributed by atoms with Crippen LogP contribution in [0.15, 0.2) is 48.5 Å². The van der Waals surface area contributed by atoms with Crippen molar-refractivity contribution in [2.75, 3.05) is 24.3 Å². The van der Waals surface area contributed by atoms with Crippen molar-refractivity contribution in [3.63, 3.8) is 0 Å². The third-order valence-electron chi connectivity index (χ3n) is 3.22. The van der Waals surface area contributed by atoms with E-state index in [0.717, 1.165) is 11.3 Å². The predicted molar refractivity (Wildman–Crippen MR) is 92.7 cm³/mol. The molecular formula is C17H18ClN3O2. The molecule has 0 heterocycles. The Bertz CT molecular complexity index is 716. The number of hydrogen-bond acceptors (Lipinski definition) is 3. The lowest BCUT2D eigenvalue weighted by Gasteiger charge is -2.14. The van der Waals surface area contributed by atoms with Gasteiger partial charge in [-0.2, -0.15) is 0 Å². The Kier molecular flexibility index (Phi) is 5.60. The Morgan fingerprint density at radius 2 is 1.78 bits per heavy atom. The summed E-state index contributed by atoms with van der Waals surface area (Å²) in [4.78, 5) is 25.7. The van der Waals surface area contributed by atoms with Gasteiger partial charge in [-0.3, -0.25) is 9.59 Å². The van der Waals surface area contributed by atoms with Gasteiger partial charge in [0.05, 0.1) is 0 Å². The minimum Gasteiger partial charge on any atom is -0.378 e. The molecule has 5 nitrogen and oxygen atoms in total. The van der Waals surface area contributed by atoms with Crippen LogP contribution in [0.3, 0.4) is 0 Å². The van der Waals surface area contributed by atoms with E-state index in [-0.39, 0.29) is 6.54 Å². The Hall–Kier alpha value is -2.53. The lowest BCUT2D eigenvalue weighted by atomic mass is 10.2. The molecule has 0 unspecified atom stereocenters. The van der Waals surface area contributed by atoms with E-state index in [4.69, 9.17) is 11.6 Å². The number of carbonyl (C=O) groups excluding carboxylic acids is 2. The minimum absolute atomic E-state index is 0.198. The molecule has 23 heavy (non-hydrogen) atoms. The summed E-state index contributed by atoms with van der Waals surface area (Å²) < 4.78 is 0. The summed E-state index contributed by atoms with van der Waals surface area (Å²) in [7, 11) is 3.80. The second-order valence-corrected chi connectivity index (χ2v) is 5.58. The molecule has 0 saturated carbocycles. The maximum absolute atomic E-state index is 11.9. The van der Waals surface area contributed by atoms with Crippen LogP contribution in [-0.4, -0.2) is 25.9 Å². The normalized spacial score (nSPS) is 10.0.